The monoisotopic (exact) mass is 474 g/mol. The van der Waals surface area contributed by atoms with Gasteiger partial charge in [0.05, 0.1) is 10.7 Å². The largest absolute Gasteiger partial charge is 1.00 e. The zero-order chi connectivity index (χ0) is 21.8. The highest BCUT2D eigenvalue weighted by Gasteiger charge is 2.23. The highest BCUT2D eigenvalue weighted by atomic mass is 35.5. The Balaban J connectivity index is 0.00000259. The zero-order valence-corrected chi connectivity index (χ0v) is 19.1. The van der Waals surface area contributed by atoms with E-state index in [1.54, 1.807) is 9.59 Å². The van der Waals surface area contributed by atoms with Gasteiger partial charge in [0.15, 0.2) is 5.69 Å². The second-order valence-electron chi connectivity index (χ2n) is 7.22. The molecule has 5 rings (SSSR count). The number of halogens is 2. The van der Waals surface area contributed by atoms with Gasteiger partial charge >= 0.3 is 5.82 Å². The van der Waals surface area contributed by atoms with Crippen molar-refractivity contribution in [3.8, 4) is 28.5 Å². The van der Waals surface area contributed by atoms with Crippen molar-refractivity contribution in [1.29, 1.82) is 0 Å². The van der Waals surface area contributed by atoms with Crippen LogP contribution in [0.4, 0.5) is 0 Å². The molecule has 0 saturated heterocycles. The minimum Gasteiger partial charge on any atom is -1.00 e. The predicted molar refractivity (Wildman–Crippen MR) is 124 cm³/mol. The second kappa shape index (κ2) is 10.3. The van der Waals surface area contributed by atoms with Gasteiger partial charge in [-0.1, -0.05) is 66.2 Å². The van der Waals surface area contributed by atoms with E-state index in [2.05, 4.69) is 0 Å². The number of rotatable bonds is 6. The fourth-order valence-electron chi connectivity index (χ4n) is 3.34. The number of para-hydroxylation sites is 1. The summed E-state index contributed by atoms with van der Waals surface area (Å²) in [6, 6.07) is 35.3. The Morgan fingerprint density at radius 3 is 2.18 bits per heavy atom. The number of tetrazole rings is 1. The minimum absolute atomic E-state index is 0. The quantitative estimate of drug-likeness (QED) is 0.355. The Labute approximate surface area is 203 Å². The molecule has 1 heterocycles. The molecule has 0 aliphatic rings. The molecule has 5 aromatic rings. The molecule has 0 saturated carbocycles. The summed E-state index contributed by atoms with van der Waals surface area (Å²) in [5.41, 5.74) is 3.74. The highest BCUT2D eigenvalue weighted by molar-refractivity contribution is 6.30. The molecule has 7 heteroatoms. The average Bonchev–Trinajstić information content (AvgIpc) is 3.30. The Bertz CT molecular complexity index is 1320. The molecule has 0 aliphatic carbocycles. The molecule has 0 amide bonds. The van der Waals surface area contributed by atoms with E-state index < -0.39 is 0 Å². The van der Waals surface area contributed by atoms with E-state index in [1.807, 2.05) is 109 Å². The summed E-state index contributed by atoms with van der Waals surface area (Å²) >= 11 is 6.18. The van der Waals surface area contributed by atoms with Gasteiger partial charge in [0.25, 0.3) is 0 Å². The smallest absolute Gasteiger partial charge is 0.340 e. The molecular weight excluding hydrogens is 455 g/mol. The number of nitrogens with zero attached hydrogens (tertiary/aromatic N) is 4. The van der Waals surface area contributed by atoms with Crippen LogP contribution in [0, 0.1) is 0 Å². The van der Waals surface area contributed by atoms with Gasteiger partial charge in [0.2, 0.25) is 0 Å². The Morgan fingerprint density at radius 2 is 1.48 bits per heavy atom. The lowest BCUT2D eigenvalue weighted by molar-refractivity contribution is -0.734. The molecule has 0 N–H and O–H groups in total. The molecule has 0 radical (unpaired) electrons. The van der Waals surface area contributed by atoms with Gasteiger partial charge in [0.1, 0.15) is 18.0 Å². The average molecular weight is 475 g/mol. The maximum Gasteiger partial charge on any atom is 0.340 e. The maximum atomic E-state index is 6.18. The van der Waals surface area contributed by atoms with E-state index in [0.29, 0.717) is 17.5 Å². The van der Waals surface area contributed by atoms with Crippen molar-refractivity contribution in [3.63, 3.8) is 0 Å². The molecule has 0 aliphatic heterocycles. The van der Waals surface area contributed by atoms with Gasteiger partial charge < -0.3 is 17.1 Å². The first-order chi connectivity index (χ1) is 15.8. The van der Waals surface area contributed by atoms with Crippen LogP contribution in [0.25, 0.3) is 22.8 Å². The molecule has 4 aromatic carbocycles. The van der Waals surface area contributed by atoms with E-state index in [9.17, 15) is 0 Å². The van der Waals surface area contributed by atoms with Crippen LogP contribution in [0.1, 0.15) is 5.56 Å². The number of hydrogen-bond donors (Lipinski definition) is 0. The van der Waals surface area contributed by atoms with E-state index in [1.165, 1.54) is 0 Å². The van der Waals surface area contributed by atoms with Gasteiger partial charge in [-0.2, -0.15) is 0 Å². The first-order valence-corrected chi connectivity index (χ1v) is 10.6. The van der Waals surface area contributed by atoms with Gasteiger partial charge in [-0.25, -0.2) is 0 Å². The van der Waals surface area contributed by atoms with Crippen molar-refractivity contribution < 1.29 is 21.9 Å². The number of benzene rings is 4. The fourth-order valence-corrected chi connectivity index (χ4v) is 3.53. The summed E-state index contributed by atoms with van der Waals surface area (Å²) in [6.07, 6.45) is 0. The molecule has 0 atom stereocenters. The van der Waals surface area contributed by atoms with Crippen LogP contribution < -0.4 is 21.9 Å². The maximum absolute atomic E-state index is 6.18. The van der Waals surface area contributed by atoms with Crippen LogP contribution in [-0.4, -0.2) is 15.0 Å². The first-order valence-electron chi connectivity index (χ1n) is 10.2. The van der Waals surface area contributed by atoms with Crippen molar-refractivity contribution in [2.45, 2.75) is 6.61 Å². The normalized spacial score (nSPS) is 10.5. The zero-order valence-electron chi connectivity index (χ0n) is 17.6. The van der Waals surface area contributed by atoms with Gasteiger partial charge in [-0.3, -0.25) is 0 Å². The van der Waals surface area contributed by atoms with Gasteiger partial charge in [0, 0.05) is 9.82 Å². The molecule has 0 spiro atoms. The van der Waals surface area contributed by atoms with Crippen molar-refractivity contribution in [1.82, 2.24) is 15.0 Å². The standard InChI is InChI=1S/C26H20ClN4O.ClH/c27-22-11-7-10-21(18-22)26-28-30(23-12-5-2-6-13-23)31(29-26)24-14-16-25(17-15-24)32-19-20-8-3-1-4-9-20;/h1-18H,19H2;1H/q+1;/p-1. The molecular formula is C26H20Cl2N4O. The molecule has 1 aromatic heterocycles. The third-order valence-electron chi connectivity index (χ3n) is 4.94. The first kappa shape index (κ1) is 22.5. The van der Waals surface area contributed by atoms with Crippen LogP contribution in [0.15, 0.2) is 109 Å². The summed E-state index contributed by atoms with van der Waals surface area (Å²) in [5.74, 6) is 1.37. The van der Waals surface area contributed by atoms with Crippen molar-refractivity contribution in [2.24, 2.45) is 0 Å². The third-order valence-corrected chi connectivity index (χ3v) is 5.18. The molecule has 0 fully saturated rings. The molecule has 5 nitrogen and oxygen atoms in total. The Kier molecular flexibility index (Phi) is 7.03. The lowest BCUT2D eigenvalue weighted by atomic mass is 10.2. The Morgan fingerprint density at radius 1 is 0.788 bits per heavy atom. The van der Waals surface area contributed by atoms with Crippen molar-refractivity contribution in [2.75, 3.05) is 0 Å². The Hall–Kier alpha value is -3.67. The van der Waals surface area contributed by atoms with E-state index >= 15 is 0 Å². The number of hydrogen-bond acceptors (Lipinski definition) is 3. The highest BCUT2D eigenvalue weighted by Crippen LogP contribution is 2.20. The van der Waals surface area contributed by atoms with Gasteiger partial charge in [-0.05, 0) is 70.1 Å². The second-order valence-corrected chi connectivity index (χ2v) is 7.65. The van der Waals surface area contributed by atoms with Crippen molar-refractivity contribution >= 4 is 11.6 Å². The van der Waals surface area contributed by atoms with Crippen LogP contribution in [0.5, 0.6) is 5.75 Å². The van der Waals surface area contributed by atoms with Gasteiger partial charge in [-0.15, -0.1) is 0 Å². The van der Waals surface area contributed by atoms with E-state index in [-0.39, 0.29) is 12.4 Å². The van der Waals surface area contributed by atoms with E-state index in [4.69, 9.17) is 26.5 Å². The number of ether oxygens (including phenoxy) is 1. The summed E-state index contributed by atoms with van der Waals surface area (Å²) in [6.45, 7) is 0.520. The molecule has 33 heavy (non-hydrogen) atoms. The fraction of sp³-hybridized carbons (Fsp3) is 0.0385. The summed E-state index contributed by atoms with van der Waals surface area (Å²) < 4.78 is 5.92. The molecule has 164 valence electrons. The lowest BCUT2D eigenvalue weighted by Gasteiger charge is -2.06. The summed E-state index contributed by atoms with van der Waals surface area (Å²) in [5, 5.41) is 10.1. The third kappa shape index (κ3) is 5.22. The van der Waals surface area contributed by atoms with Crippen molar-refractivity contribution in [3.05, 3.63) is 120 Å². The summed E-state index contributed by atoms with van der Waals surface area (Å²) in [7, 11) is 0. The topological polar surface area (TPSA) is 43.8 Å². The van der Waals surface area contributed by atoms with Crippen LogP contribution in [0.2, 0.25) is 5.02 Å². The lowest BCUT2D eigenvalue weighted by Crippen LogP contribution is -3.00. The van der Waals surface area contributed by atoms with Crippen LogP contribution in [0.3, 0.4) is 0 Å². The SMILES string of the molecule is Clc1cccc(-c2nn(-c3ccccc3)[n+](-c3ccc(OCc4ccccc4)cc3)n2)c1.[Cl-]. The molecule has 0 bridgehead atoms. The van der Waals surface area contributed by atoms with E-state index in [0.717, 1.165) is 28.3 Å². The van der Waals surface area contributed by atoms with Crippen LogP contribution in [-0.2, 0) is 6.61 Å². The molecule has 0 unspecified atom stereocenters. The summed E-state index contributed by atoms with van der Waals surface area (Å²) in [4.78, 5) is 3.54. The predicted octanol–water partition coefficient (Wildman–Crippen LogP) is 2.45. The minimum atomic E-state index is 0. The van der Waals surface area contributed by atoms with Crippen LogP contribution >= 0.6 is 11.6 Å². The number of aromatic nitrogens is 4.